The standard InChI is InChI=1S/C19H20N4O/c1-14-12-23(17-7-3-2-6-16(14)17)19(24)20-10-9-15-13-22-11-5-4-8-18(22)21-15/h2-8,11,13-14H,9-10,12H2,1H3,(H,20,24). The number of carbonyl (C=O) groups is 1. The summed E-state index contributed by atoms with van der Waals surface area (Å²) in [6.45, 7) is 3.47. The van der Waals surface area contributed by atoms with Gasteiger partial charge in [-0.2, -0.15) is 0 Å². The van der Waals surface area contributed by atoms with Crippen molar-refractivity contribution in [2.75, 3.05) is 18.0 Å². The van der Waals surface area contributed by atoms with Crippen LogP contribution in [0.5, 0.6) is 0 Å². The van der Waals surface area contributed by atoms with E-state index in [0.29, 0.717) is 12.5 Å². The van der Waals surface area contributed by atoms with Crippen LogP contribution in [0.1, 0.15) is 24.1 Å². The number of benzene rings is 1. The molecule has 4 rings (SSSR count). The van der Waals surface area contributed by atoms with Crippen LogP contribution in [0.15, 0.2) is 54.9 Å². The lowest BCUT2D eigenvalue weighted by molar-refractivity contribution is 0.246. The maximum absolute atomic E-state index is 12.5. The van der Waals surface area contributed by atoms with Crippen molar-refractivity contribution in [2.24, 2.45) is 0 Å². The van der Waals surface area contributed by atoms with Crippen molar-refractivity contribution < 1.29 is 4.79 Å². The van der Waals surface area contributed by atoms with E-state index in [1.165, 1.54) is 5.56 Å². The molecule has 3 heterocycles. The number of amides is 2. The zero-order chi connectivity index (χ0) is 16.5. The van der Waals surface area contributed by atoms with Crippen LogP contribution in [0.2, 0.25) is 0 Å². The molecule has 2 aromatic heterocycles. The Hall–Kier alpha value is -2.82. The highest BCUT2D eigenvalue weighted by Crippen LogP contribution is 2.35. The molecule has 1 unspecified atom stereocenters. The summed E-state index contributed by atoms with van der Waals surface area (Å²) < 4.78 is 2.00. The van der Waals surface area contributed by atoms with Gasteiger partial charge in [-0.3, -0.25) is 4.90 Å². The number of pyridine rings is 1. The minimum atomic E-state index is -0.0319. The number of anilines is 1. The van der Waals surface area contributed by atoms with E-state index in [0.717, 1.165) is 30.0 Å². The number of hydrogen-bond acceptors (Lipinski definition) is 2. The van der Waals surface area contributed by atoms with E-state index in [-0.39, 0.29) is 6.03 Å². The first-order valence-electron chi connectivity index (χ1n) is 8.29. The zero-order valence-corrected chi connectivity index (χ0v) is 13.6. The molecule has 3 aromatic rings. The number of rotatable bonds is 3. The number of nitrogens with one attached hydrogen (secondary N) is 1. The molecule has 0 spiro atoms. The first-order valence-corrected chi connectivity index (χ1v) is 8.29. The summed E-state index contributed by atoms with van der Waals surface area (Å²) in [5, 5.41) is 3.02. The molecule has 0 saturated carbocycles. The number of carbonyl (C=O) groups excluding carboxylic acids is 1. The van der Waals surface area contributed by atoms with Gasteiger partial charge >= 0.3 is 6.03 Å². The first kappa shape index (κ1) is 14.8. The van der Waals surface area contributed by atoms with Crippen molar-refractivity contribution in [3.63, 3.8) is 0 Å². The lowest BCUT2D eigenvalue weighted by atomic mass is 10.0. The minimum absolute atomic E-state index is 0.0319. The Bertz CT molecular complexity index is 853. The van der Waals surface area contributed by atoms with Crippen LogP contribution in [0.3, 0.4) is 0 Å². The molecule has 1 aliphatic rings. The van der Waals surface area contributed by atoms with Gasteiger partial charge < -0.3 is 9.72 Å². The summed E-state index contributed by atoms with van der Waals surface area (Å²) >= 11 is 0. The molecular weight excluding hydrogens is 300 g/mol. The molecular formula is C19H20N4O. The molecule has 1 atom stereocenters. The van der Waals surface area contributed by atoms with Gasteiger partial charge in [0.15, 0.2) is 0 Å². The number of para-hydroxylation sites is 1. The molecule has 0 fully saturated rings. The first-order chi connectivity index (χ1) is 11.7. The summed E-state index contributed by atoms with van der Waals surface area (Å²) in [5.74, 6) is 0.380. The monoisotopic (exact) mass is 320 g/mol. The second-order valence-corrected chi connectivity index (χ2v) is 6.25. The predicted molar refractivity (Wildman–Crippen MR) is 94.5 cm³/mol. The van der Waals surface area contributed by atoms with Crippen molar-refractivity contribution in [3.8, 4) is 0 Å². The molecule has 2 amide bonds. The third-order valence-corrected chi connectivity index (χ3v) is 4.53. The van der Waals surface area contributed by atoms with Crippen LogP contribution < -0.4 is 10.2 Å². The van der Waals surface area contributed by atoms with E-state index < -0.39 is 0 Å². The third kappa shape index (κ3) is 2.62. The van der Waals surface area contributed by atoms with Gasteiger partial charge in [-0.15, -0.1) is 0 Å². The average Bonchev–Trinajstić information content (AvgIpc) is 3.16. The molecule has 1 N–H and O–H groups in total. The van der Waals surface area contributed by atoms with Crippen LogP contribution in [0, 0.1) is 0 Å². The van der Waals surface area contributed by atoms with Crippen molar-refractivity contribution in [2.45, 2.75) is 19.3 Å². The number of hydrogen-bond donors (Lipinski definition) is 1. The molecule has 24 heavy (non-hydrogen) atoms. The molecule has 5 heteroatoms. The van der Waals surface area contributed by atoms with Gasteiger partial charge in [0.2, 0.25) is 0 Å². The number of fused-ring (bicyclic) bond motifs is 2. The molecule has 0 radical (unpaired) electrons. The summed E-state index contributed by atoms with van der Waals surface area (Å²) in [5.41, 5.74) is 4.18. The zero-order valence-electron chi connectivity index (χ0n) is 13.6. The Labute approximate surface area is 140 Å². The number of imidazole rings is 1. The second-order valence-electron chi connectivity index (χ2n) is 6.25. The highest BCUT2D eigenvalue weighted by molar-refractivity contribution is 5.94. The van der Waals surface area contributed by atoms with E-state index in [1.54, 1.807) is 0 Å². The molecule has 5 nitrogen and oxygen atoms in total. The summed E-state index contributed by atoms with van der Waals surface area (Å²) in [6, 6.07) is 14.0. The van der Waals surface area contributed by atoms with E-state index in [1.807, 2.05) is 58.1 Å². The Morgan fingerprint density at radius 3 is 2.96 bits per heavy atom. The number of urea groups is 1. The van der Waals surface area contributed by atoms with E-state index in [2.05, 4.69) is 23.3 Å². The average molecular weight is 320 g/mol. The molecule has 122 valence electrons. The lowest BCUT2D eigenvalue weighted by Gasteiger charge is -2.18. The van der Waals surface area contributed by atoms with E-state index in [9.17, 15) is 4.79 Å². The van der Waals surface area contributed by atoms with Crippen molar-refractivity contribution in [3.05, 3.63) is 66.1 Å². The highest BCUT2D eigenvalue weighted by Gasteiger charge is 2.29. The van der Waals surface area contributed by atoms with Crippen LogP contribution in [0.25, 0.3) is 5.65 Å². The van der Waals surface area contributed by atoms with Gasteiger partial charge in [0.05, 0.1) is 5.69 Å². The third-order valence-electron chi connectivity index (χ3n) is 4.53. The molecule has 1 aliphatic heterocycles. The topological polar surface area (TPSA) is 49.6 Å². The highest BCUT2D eigenvalue weighted by atomic mass is 16.2. The van der Waals surface area contributed by atoms with Gasteiger partial charge in [-0.1, -0.05) is 31.2 Å². The van der Waals surface area contributed by atoms with Crippen LogP contribution in [-0.2, 0) is 6.42 Å². The smallest absolute Gasteiger partial charge is 0.321 e. The van der Waals surface area contributed by atoms with Gasteiger partial charge in [0.1, 0.15) is 5.65 Å². The van der Waals surface area contributed by atoms with Crippen molar-refractivity contribution in [1.29, 1.82) is 0 Å². The summed E-state index contributed by atoms with van der Waals surface area (Å²) in [6.07, 6.45) is 4.71. The Balaban J connectivity index is 1.39. The fourth-order valence-corrected chi connectivity index (χ4v) is 3.31. The normalized spacial score (nSPS) is 16.4. The predicted octanol–water partition coefficient (Wildman–Crippen LogP) is 3.21. The van der Waals surface area contributed by atoms with Gasteiger partial charge in [-0.25, -0.2) is 9.78 Å². The summed E-state index contributed by atoms with van der Waals surface area (Å²) in [4.78, 5) is 18.9. The fraction of sp³-hybridized carbons (Fsp3) is 0.263. The Kier molecular flexibility index (Phi) is 3.69. The quantitative estimate of drug-likeness (QED) is 0.805. The SMILES string of the molecule is CC1CN(C(=O)NCCc2cn3ccccc3n2)c2ccccc21. The molecule has 0 aliphatic carbocycles. The molecule has 1 aromatic carbocycles. The van der Waals surface area contributed by atoms with Crippen molar-refractivity contribution in [1.82, 2.24) is 14.7 Å². The second kappa shape index (κ2) is 6.00. The maximum Gasteiger partial charge on any atom is 0.321 e. The molecule has 0 saturated heterocycles. The van der Waals surface area contributed by atoms with E-state index in [4.69, 9.17) is 0 Å². The van der Waals surface area contributed by atoms with Gasteiger partial charge in [0.25, 0.3) is 0 Å². The van der Waals surface area contributed by atoms with E-state index >= 15 is 0 Å². The van der Waals surface area contributed by atoms with Gasteiger partial charge in [0, 0.05) is 43.5 Å². The number of nitrogens with zero attached hydrogens (tertiary/aromatic N) is 3. The van der Waals surface area contributed by atoms with Gasteiger partial charge in [-0.05, 0) is 23.8 Å². The van der Waals surface area contributed by atoms with Crippen molar-refractivity contribution >= 4 is 17.4 Å². The minimum Gasteiger partial charge on any atom is -0.337 e. The Morgan fingerprint density at radius 1 is 1.25 bits per heavy atom. The summed E-state index contributed by atoms with van der Waals surface area (Å²) in [7, 11) is 0. The lowest BCUT2D eigenvalue weighted by Crippen LogP contribution is -2.40. The Morgan fingerprint density at radius 2 is 2.08 bits per heavy atom. The molecule has 0 bridgehead atoms. The van der Waals surface area contributed by atoms with Crippen LogP contribution >= 0.6 is 0 Å². The largest absolute Gasteiger partial charge is 0.337 e. The maximum atomic E-state index is 12.5. The fourth-order valence-electron chi connectivity index (χ4n) is 3.31. The van der Waals surface area contributed by atoms with Crippen LogP contribution in [0.4, 0.5) is 10.5 Å². The van der Waals surface area contributed by atoms with Crippen LogP contribution in [-0.4, -0.2) is 28.5 Å². The number of aromatic nitrogens is 2.